The largest absolute Gasteiger partial charge is 0.396 e. The maximum atomic E-state index is 12.3. The number of aliphatic hydroxyl groups is 3. The van der Waals surface area contributed by atoms with Crippen molar-refractivity contribution in [3.63, 3.8) is 0 Å². The molecule has 0 bridgehead atoms. The number of Topliss-reactive ketones (excluding diaryl/α,β-unsaturated/α-hetero) is 1. The predicted molar refractivity (Wildman–Crippen MR) is 105 cm³/mol. The average Bonchev–Trinajstić information content (AvgIpc) is 2.67. The lowest BCUT2D eigenvalue weighted by molar-refractivity contribution is -0.124. The second-order valence-electron chi connectivity index (χ2n) is 6.24. The van der Waals surface area contributed by atoms with Gasteiger partial charge < -0.3 is 31.3 Å². The predicted octanol–water partition coefficient (Wildman–Crippen LogP) is -2.62. The van der Waals surface area contributed by atoms with E-state index in [2.05, 4.69) is 22.5 Å². The third-order valence-electron chi connectivity index (χ3n) is 3.77. The first-order valence-electron chi connectivity index (χ1n) is 9.44. The van der Waals surface area contributed by atoms with E-state index in [1.807, 2.05) is 0 Å². The van der Waals surface area contributed by atoms with Gasteiger partial charge in [-0.05, 0) is 24.8 Å². The smallest absolute Gasteiger partial charge is 0.234 e. The molecule has 0 saturated heterocycles. The second-order valence-corrected chi connectivity index (χ2v) is 6.24. The summed E-state index contributed by atoms with van der Waals surface area (Å²) >= 11 is 0. The molecular weight excluding hydrogens is 368 g/mol. The van der Waals surface area contributed by atoms with Gasteiger partial charge in [0.25, 0.3) is 0 Å². The molecule has 0 rings (SSSR count). The highest BCUT2D eigenvalue weighted by Gasteiger charge is 2.16. The van der Waals surface area contributed by atoms with E-state index in [1.54, 1.807) is 4.90 Å². The molecule has 0 atom stereocenters. The van der Waals surface area contributed by atoms with E-state index < -0.39 is 0 Å². The van der Waals surface area contributed by atoms with Crippen molar-refractivity contribution in [3.05, 3.63) is 12.2 Å². The first-order valence-corrected chi connectivity index (χ1v) is 9.44. The average molecular weight is 402 g/mol. The van der Waals surface area contributed by atoms with Crippen molar-refractivity contribution in [2.24, 2.45) is 0 Å². The van der Waals surface area contributed by atoms with Crippen LogP contribution in [0.4, 0.5) is 0 Å². The lowest BCUT2D eigenvalue weighted by atomic mass is 10.1. The molecule has 0 aromatic heterocycles. The van der Waals surface area contributed by atoms with Crippen LogP contribution in [-0.4, -0.2) is 103 Å². The summed E-state index contributed by atoms with van der Waals surface area (Å²) in [4.78, 5) is 37.3. The van der Waals surface area contributed by atoms with E-state index in [9.17, 15) is 14.4 Å². The Morgan fingerprint density at radius 3 is 2.07 bits per heavy atom. The first kappa shape index (κ1) is 26.1. The quantitative estimate of drug-likeness (QED) is 0.108. The van der Waals surface area contributed by atoms with Crippen LogP contribution < -0.4 is 16.0 Å². The summed E-state index contributed by atoms with van der Waals surface area (Å²) in [7, 11) is 0. The zero-order chi connectivity index (χ0) is 21.2. The molecule has 10 heteroatoms. The Hall–Kier alpha value is -1.85. The molecule has 10 nitrogen and oxygen atoms in total. The molecule has 162 valence electrons. The highest BCUT2D eigenvalue weighted by atomic mass is 16.3. The van der Waals surface area contributed by atoms with Crippen molar-refractivity contribution in [1.29, 1.82) is 0 Å². The minimum atomic E-state index is -0.312. The van der Waals surface area contributed by atoms with Crippen molar-refractivity contribution in [1.82, 2.24) is 20.9 Å². The number of nitrogens with one attached hydrogen (secondary N) is 3. The van der Waals surface area contributed by atoms with Gasteiger partial charge in [-0.25, -0.2) is 0 Å². The Morgan fingerprint density at radius 1 is 0.821 bits per heavy atom. The van der Waals surface area contributed by atoms with E-state index in [-0.39, 0.29) is 70.1 Å². The first-order chi connectivity index (χ1) is 13.4. The maximum absolute atomic E-state index is 12.3. The van der Waals surface area contributed by atoms with Gasteiger partial charge >= 0.3 is 0 Å². The molecule has 0 radical (unpaired) electrons. The lowest BCUT2D eigenvalue weighted by Crippen LogP contribution is -2.44. The van der Waals surface area contributed by atoms with Gasteiger partial charge in [-0.3, -0.25) is 19.3 Å². The Bertz CT molecular complexity index is 487. The van der Waals surface area contributed by atoms with E-state index in [0.29, 0.717) is 37.9 Å². The van der Waals surface area contributed by atoms with Crippen LogP contribution in [0.5, 0.6) is 0 Å². The summed E-state index contributed by atoms with van der Waals surface area (Å²) in [5.41, 5.74) is 0.450. The normalized spacial score (nSPS) is 10.7. The summed E-state index contributed by atoms with van der Waals surface area (Å²) in [6.45, 7) is 4.66. The van der Waals surface area contributed by atoms with Crippen molar-refractivity contribution < 1.29 is 29.7 Å². The fourth-order valence-electron chi connectivity index (χ4n) is 2.27. The fraction of sp³-hybridized carbons (Fsp3) is 0.722. The second kappa shape index (κ2) is 17.3. The van der Waals surface area contributed by atoms with E-state index in [1.165, 1.54) is 0 Å². The summed E-state index contributed by atoms with van der Waals surface area (Å²) < 4.78 is 0. The van der Waals surface area contributed by atoms with Gasteiger partial charge in [0, 0.05) is 32.8 Å². The maximum Gasteiger partial charge on any atom is 0.234 e. The van der Waals surface area contributed by atoms with Gasteiger partial charge in [0.1, 0.15) is 0 Å². The molecule has 0 unspecified atom stereocenters. The van der Waals surface area contributed by atoms with Crippen LogP contribution in [-0.2, 0) is 14.4 Å². The minimum Gasteiger partial charge on any atom is -0.396 e. The topological polar surface area (TPSA) is 151 Å². The number of unbranched alkanes of at least 4 members (excludes halogenated alkanes) is 1. The highest BCUT2D eigenvalue weighted by Crippen LogP contribution is 2.07. The Kier molecular flexibility index (Phi) is 16.1. The van der Waals surface area contributed by atoms with Gasteiger partial charge in [0.05, 0.1) is 32.8 Å². The monoisotopic (exact) mass is 402 g/mol. The molecule has 0 fully saturated rings. The lowest BCUT2D eigenvalue weighted by Gasteiger charge is -2.21. The van der Waals surface area contributed by atoms with E-state index in [0.717, 1.165) is 0 Å². The van der Waals surface area contributed by atoms with Crippen molar-refractivity contribution >= 4 is 17.6 Å². The summed E-state index contributed by atoms with van der Waals surface area (Å²) in [5, 5.41) is 34.2. The molecule has 0 aromatic carbocycles. The van der Waals surface area contributed by atoms with E-state index in [4.69, 9.17) is 15.3 Å². The minimum absolute atomic E-state index is 0.0168. The zero-order valence-electron chi connectivity index (χ0n) is 16.4. The molecule has 0 spiro atoms. The number of nitrogens with zero attached hydrogens (tertiary/aromatic N) is 1. The van der Waals surface area contributed by atoms with Crippen molar-refractivity contribution in [3.8, 4) is 0 Å². The fourth-order valence-corrected chi connectivity index (χ4v) is 2.27. The number of carbonyl (C=O) groups is 3. The van der Waals surface area contributed by atoms with Gasteiger partial charge in [-0.2, -0.15) is 0 Å². The molecule has 6 N–H and O–H groups in total. The summed E-state index contributed by atoms with van der Waals surface area (Å²) in [6, 6.07) is 0. The van der Waals surface area contributed by atoms with Crippen LogP contribution in [0.15, 0.2) is 12.2 Å². The number of carbonyl (C=O) groups excluding carboxylic acids is 3. The van der Waals surface area contributed by atoms with Gasteiger partial charge in [0.15, 0.2) is 5.78 Å². The summed E-state index contributed by atoms with van der Waals surface area (Å²) in [5.74, 6) is -0.739. The highest BCUT2D eigenvalue weighted by molar-refractivity contribution is 5.96. The molecule has 0 aliphatic heterocycles. The number of amides is 2. The van der Waals surface area contributed by atoms with Gasteiger partial charge in [0.2, 0.25) is 11.8 Å². The van der Waals surface area contributed by atoms with Crippen molar-refractivity contribution in [2.45, 2.75) is 19.3 Å². The van der Waals surface area contributed by atoms with Gasteiger partial charge in [-0.1, -0.05) is 6.58 Å². The van der Waals surface area contributed by atoms with Crippen LogP contribution in [0, 0.1) is 0 Å². The number of ketones is 1. The molecular formula is C18H34N4O6. The Balaban J connectivity index is 4.48. The number of aliphatic hydroxyl groups excluding tert-OH is 3. The van der Waals surface area contributed by atoms with Crippen LogP contribution in [0.2, 0.25) is 0 Å². The molecule has 2 amide bonds. The van der Waals surface area contributed by atoms with Gasteiger partial charge in [-0.15, -0.1) is 0 Å². The molecule has 0 aliphatic carbocycles. The van der Waals surface area contributed by atoms with E-state index >= 15 is 0 Å². The molecule has 0 saturated carbocycles. The number of hydrogen-bond acceptors (Lipinski definition) is 8. The van der Waals surface area contributed by atoms with Crippen LogP contribution in [0.3, 0.4) is 0 Å². The van der Waals surface area contributed by atoms with Crippen molar-refractivity contribution in [2.75, 3.05) is 65.6 Å². The zero-order valence-corrected chi connectivity index (χ0v) is 16.4. The van der Waals surface area contributed by atoms with Crippen LogP contribution in [0.25, 0.3) is 0 Å². The summed E-state index contributed by atoms with van der Waals surface area (Å²) in [6.07, 6.45) is 1.76. The number of hydrogen-bond donors (Lipinski definition) is 6. The Morgan fingerprint density at radius 2 is 1.46 bits per heavy atom. The SMILES string of the molecule is C=C(CCCCO)C(=O)CN(CCNCC(=O)NCCO)CC(=O)NCCO. The third-order valence-corrected chi connectivity index (χ3v) is 3.77. The molecule has 0 aromatic rings. The standard InChI is InChI=1S/C18H34N4O6/c1-15(4-2-3-9-23)16(26)13-22(14-18(28)21-7-11-25)8-5-19-12-17(27)20-6-10-24/h19,23-25H,1-14H2,(H,20,27)(H,21,28). The molecule has 28 heavy (non-hydrogen) atoms. The van der Waals surface area contributed by atoms with Crippen LogP contribution in [0.1, 0.15) is 19.3 Å². The Labute approximate surface area is 166 Å². The molecule has 0 aliphatic rings. The molecule has 0 heterocycles. The number of rotatable bonds is 18. The third kappa shape index (κ3) is 14.2. The van der Waals surface area contributed by atoms with Crippen LogP contribution >= 0.6 is 0 Å².